The number of rotatable bonds is 14. The first-order valence-electron chi connectivity index (χ1n) is 21.6. The van der Waals surface area contributed by atoms with Crippen LogP contribution in [0.15, 0.2) is 133 Å². The van der Waals surface area contributed by atoms with Crippen LogP contribution >= 0.6 is 0 Å². The van der Waals surface area contributed by atoms with E-state index in [0.29, 0.717) is 22.5 Å². The summed E-state index contributed by atoms with van der Waals surface area (Å²) in [5.41, 5.74) is 13.4. The maximum absolute atomic E-state index is 3.34. The number of hydrogen-bond acceptors (Lipinski definition) is 1. The molecule has 1 nitrogen and oxygen atoms in total. The van der Waals surface area contributed by atoms with Crippen LogP contribution in [-0.4, -0.2) is 23.9 Å². The molecule has 1 saturated carbocycles. The second-order valence-corrected chi connectivity index (χ2v) is 27.4. The van der Waals surface area contributed by atoms with Crippen LogP contribution in [0.25, 0.3) is 0 Å². The number of nitrogens with zero attached hydrogens (tertiary/aromatic N) is 1. The second kappa shape index (κ2) is 19.2. The third-order valence-electron chi connectivity index (χ3n) is 12.8. The van der Waals surface area contributed by atoms with Crippen molar-refractivity contribution < 1.29 is 0 Å². The molecule has 0 amide bonds. The van der Waals surface area contributed by atoms with Crippen LogP contribution in [0.4, 0.5) is 5.69 Å². The van der Waals surface area contributed by atoms with E-state index in [1.54, 1.807) is 5.69 Å². The number of hydrogen-bond donors (Lipinski definition) is 0. The van der Waals surface area contributed by atoms with E-state index in [0.717, 1.165) is 4.75 Å². The topological polar surface area (TPSA) is 3.24 Å². The van der Waals surface area contributed by atoms with Crippen molar-refractivity contribution in [3.05, 3.63) is 172 Å². The molecule has 0 atom stereocenters. The molecule has 0 saturated heterocycles. The van der Waals surface area contributed by atoms with E-state index in [9.17, 15) is 0 Å². The predicted molar refractivity (Wildman–Crippen MR) is 244 cm³/mol. The molecule has 0 N–H and O–H groups in total. The van der Waals surface area contributed by atoms with E-state index in [-0.39, 0.29) is 11.8 Å². The summed E-state index contributed by atoms with van der Waals surface area (Å²) in [5.74, 6) is 0.627. The molecule has 0 aliphatic heterocycles. The van der Waals surface area contributed by atoms with Crippen molar-refractivity contribution in [2.24, 2.45) is 0 Å². The summed E-state index contributed by atoms with van der Waals surface area (Å²) in [4.78, 5) is 0. The van der Waals surface area contributed by atoms with Gasteiger partial charge in [0, 0.05) is 0 Å². The fourth-order valence-corrected chi connectivity index (χ4v) is 27.0. The van der Waals surface area contributed by atoms with Gasteiger partial charge in [-0.25, -0.2) is 0 Å². The van der Waals surface area contributed by atoms with E-state index in [1.807, 2.05) is 0 Å². The standard InChI is InChI=1S/C52H67GeNSi/c1-38(2)46-36-48(50(42-26-16-12-17-27-42)43-28-18-13-19-29-43)52(49(37-46)51(44-30-20-14-21-31-44)45-32-22-15-23-33-45)54(53-47-34-24-10-9-11-25-35-47)55(39(3)4,40(5)6)41(7)8/h12-23,26-33,36-41,47,50-51H,9-11,24-25,34-35H2,1-8H3. The zero-order chi connectivity index (χ0) is 39.0. The first-order valence-corrected chi connectivity index (χ1v) is 25.9. The molecular formula is C52H67GeNSi. The SMILES string of the molecule is CC(C)c1cc(C(c2ccccc2)c2ccccc2)c([N]([Ge][CH]2CCCCCCC2)[Si](C(C)C)(C(C)C)C(C)C)c(C(c2ccccc2)c2ccccc2)c1. The molecule has 55 heavy (non-hydrogen) atoms. The van der Waals surface area contributed by atoms with Crippen LogP contribution < -0.4 is 3.52 Å². The summed E-state index contributed by atoms with van der Waals surface area (Å²) in [6.07, 6.45) is 9.78. The molecule has 1 aliphatic rings. The molecular weight excluding hydrogens is 739 g/mol. The molecule has 5 aromatic rings. The van der Waals surface area contributed by atoms with E-state index in [4.69, 9.17) is 0 Å². The predicted octanol–water partition coefficient (Wildman–Crippen LogP) is 15.3. The average Bonchev–Trinajstić information content (AvgIpc) is 3.17. The molecule has 0 bridgehead atoms. The Bertz CT molecular complexity index is 1670. The van der Waals surface area contributed by atoms with Crippen molar-refractivity contribution in [2.75, 3.05) is 3.52 Å². The normalized spacial score (nSPS) is 14.7. The Morgan fingerprint density at radius 1 is 0.455 bits per heavy atom. The zero-order valence-electron chi connectivity index (χ0n) is 35.1. The molecule has 5 aromatic carbocycles. The van der Waals surface area contributed by atoms with Crippen molar-refractivity contribution in [1.29, 1.82) is 0 Å². The van der Waals surface area contributed by atoms with Crippen molar-refractivity contribution in [1.82, 2.24) is 0 Å². The first-order chi connectivity index (χ1) is 26.6. The third-order valence-corrected chi connectivity index (χ3v) is 25.5. The molecule has 0 aromatic heterocycles. The van der Waals surface area contributed by atoms with Gasteiger partial charge >= 0.3 is 345 Å². The van der Waals surface area contributed by atoms with Crippen molar-refractivity contribution in [2.45, 2.75) is 139 Å². The van der Waals surface area contributed by atoms with E-state index in [1.165, 1.54) is 83.9 Å². The zero-order valence-corrected chi connectivity index (χ0v) is 38.2. The number of anilines is 1. The Kier molecular flexibility index (Phi) is 14.4. The minimum absolute atomic E-state index is 0.117. The molecule has 1 fully saturated rings. The van der Waals surface area contributed by atoms with Gasteiger partial charge in [-0.15, -0.1) is 0 Å². The van der Waals surface area contributed by atoms with Crippen LogP contribution in [0.5, 0.6) is 0 Å². The quantitative estimate of drug-likeness (QED) is 0.0798. The molecule has 2 radical (unpaired) electrons. The Balaban J connectivity index is 1.81. The monoisotopic (exact) mass is 807 g/mol. The van der Waals surface area contributed by atoms with Gasteiger partial charge in [-0.2, -0.15) is 0 Å². The van der Waals surface area contributed by atoms with Crippen LogP contribution in [0, 0.1) is 0 Å². The van der Waals surface area contributed by atoms with E-state index >= 15 is 0 Å². The number of benzene rings is 5. The van der Waals surface area contributed by atoms with Gasteiger partial charge in [0.2, 0.25) is 0 Å². The Morgan fingerprint density at radius 2 is 0.782 bits per heavy atom. The molecule has 0 unspecified atom stereocenters. The van der Waals surface area contributed by atoms with Crippen molar-refractivity contribution in [3.63, 3.8) is 0 Å². The van der Waals surface area contributed by atoms with Crippen LogP contribution in [0.3, 0.4) is 0 Å². The van der Waals surface area contributed by atoms with Crippen LogP contribution in [0.2, 0.25) is 21.4 Å². The molecule has 288 valence electrons. The fourth-order valence-electron chi connectivity index (χ4n) is 10.3. The molecule has 0 spiro atoms. The third kappa shape index (κ3) is 9.12. The van der Waals surface area contributed by atoms with Crippen LogP contribution in [-0.2, 0) is 0 Å². The summed E-state index contributed by atoms with van der Waals surface area (Å²) < 4.78 is 4.15. The van der Waals surface area contributed by atoms with Gasteiger partial charge in [-0.3, -0.25) is 0 Å². The van der Waals surface area contributed by atoms with Gasteiger partial charge in [0.15, 0.2) is 0 Å². The van der Waals surface area contributed by atoms with E-state index < -0.39 is 23.9 Å². The van der Waals surface area contributed by atoms with Gasteiger partial charge in [0.25, 0.3) is 0 Å². The first kappa shape index (κ1) is 41.3. The summed E-state index contributed by atoms with van der Waals surface area (Å²) in [6, 6.07) is 51.3. The van der Waals surface area contributed by atoms with Crippen molar-refractivity contribution in [3.8, 4) is 0 Å². The summed E-state index contributed by atoms with van der Waals surface area (Å²) in [6.45, 7) is 20.4. The Labute approximate surface area is 343 Å². The van der Waals surface area contributed by atoms with Gasteiger partial charge in [-0.1, -0.05) is 0 Å². The van der Waals surface area contributed by atoms with Gasteiger partial charge in [0.1, 0.15) is 0 Å². The fraction of sp³-hybridized carbons (Fsp3) is 0.423. The van der Waals surface area contributed by atoms with Gasteiger partial charge in [0.05, 0.1) is 0 Å². The minimum atomic E-state index is -2.22. The molecule has 3 heteroatoms. The molecule has 1 aliphatic carbocycles. The van der Waals surface area contributed by atoms with Gasteiger partial charge < -0.3 is 0 Å². The summed E-state index contributed by atoms with van der Waals surface area (Å²) >= 11 is -0.562. The Morgan fingerprint density at radius 3 is 1.09 bits per heavy atom. The maximum atomic E-state index is 3.34. The van der Waals surface area contributed by atoms with Gasteiger partial charge in [-0.05, 0) is 0 Å². The average molecular weight is 807 g/mol. The Hall–Kier alpha value is -3.34. The van der Waals surface area contributed by atoms with Crippen molar-refractivity contribution >= 4 is 29.6 Å². The van der Waals surface area contributed by atoms with Crippen LogP contribution in [0.1, 0.15) is 157 Å². The van der Waals surface area contributed by atoms with E-state index in [2.05, 4.69) is 192 Å². The molecule has 0 heterocycles. The summed E-state index contributed by atoms with van der Waals surface area (Å²) in [5, 5.41) is 0. The molecule has 6 rings (SSSR count). The summed E-state index contributed by atoms with van der Waals surface area (Å²) in [7, 11) is -2.22. The second-order valence-electron chi connectivity index (χ2n) is 17.6.